The maximum atomic E-state index is 12.6. The summed E-state index contributed by atoms with van der Waals surface area (Å²) in [6, 6.07) is 4.29. The number of benzene rings is 1. The zero-order valence-corrected chi connectivity index (χ0v) is 13.6. The first kappa shape index (κ1) is 18.3. The van der Waals surface area contributed by atoms with Crippen LogP contribution in [0.1, 0.15) is 11.1 Å². The number of anilines is 1. The van der Waals surface area contributed by atoms with E-state index in [2.05, 4.69) is 5.32 Å². The number of carbonyl (C=O) groups is 2. The van der Waals surface area contributed by atoms with E-state index in [1.807, 2.05) is 0 Å². The Hall–Kier alpha value is -2.06. The number of esters is 1. The van der Waals surface area contributed by atoms with Crippen LogP contribution in [0, 0.1) is 0 Å². The highest BCUT2D eigenvalue weighted by Crippen LogP contribution is 2.33. The number of amides is 1. The Morgan fingerprint density at radius 3 is 2.62 bits per heavy atom. The van der Waals surface area contributed by atoms with E-state index in [-0.39, 0.29) is 17.1 Å². The van der Waals surface area contributed by atoms with E-state index in [1.165, 1.54) is 11.3 Å². The first-order chi connectivity index (χ1) is 11.3. The molecule has 128 valence electrons. The third kappa shape index (κ3) is 5.24. The average molecular weight is 378 g/mol. The largest absolute Gasteiger partial charge is 0.455 e. The minimum atomic E-state index is -4.56. The Morgan fingerprint density at radius 1 is 1.25 bits per heavy atom. The lowest BCUT2D eigenvalue weighted by Crippen LogP contribution is -2.22. The van der Waals surface area contributed by atoms with Gasteiger partial charge in [-0.15, -0.1) is 0 Å². The lowest BCUT2D eigenvalue weighted by atomic mass is 10.2. The van der Waals surface area contributed by atoms with E-state index >= 15 is 0 Å². The minimum Gasteiger partial charge on any atom is -0.455 e. The van der Waals surface area contributed by atoms with E-state index in [0.29, 0.717) is 6.07 Å². The highest BCUT2D eigenvalue weighted by molar-refractivity contribution is 7.08. The molecule has 2 aromatic rings. The predicted octanol–water partition coefficient (Wildman–Crippen LogP) is 4.14. The van der Waals surface area contributed by atoms with Crippen LogP contribution in [-0.4, -0.2) is 18.5 Å². The summed E-state index contributed by atoms with van der Waals surface area (Å²) in [5, 5.41) is 5.70. The summed E-state index contributed by atoms with van der Waals surface area (Å²) >= 11 is 7.18. The average Bonchev–Trinajstić information content (AvgIpc) is 2.99. The second kappa shape index (κ2) is 7.67. The normalized spacial score (nSPS) is 11.2. The van der Waals surface area contributed by atoms with Crippen molar-refractivity contribution in [3.05, 3.63) is 51.2 Å². The van der Waals surface area contributed by atoms with Gasteiger partial charge in [-0.3, -0.25) is 9.59 Å². The van der Waals surface area contributed by atoms with Crippen LogP contribution in [0.4, 0.5) is 18.9 Å². The number of nitrogens with one attached hydrogen (secondary N) is 1. The van der Waals surface area contributed by atoms with E-state index in [9.17, 15) is 22.8 Å². The van der Waals surface area contributed by atoms with Crippen LogP contribution >= 0.6 is 22.9 Å². The van der Waals surface area contributed by atoms with Gasteiger partial charge in [0, 0.05) is 0 Å². The molecule has 4 nitrogen and oxygen atoms in total. The molecule has 0 saturated heterocycles. The predicted molar refractivity (Wildman–Crippen MR) is 84.1 cm³/mol. The van der Waals surface area contributed by atoms with Crippen LogP contribution in [0.15, 0.2) is 35.0 Å². The second-order valence-corrected chi connectivity index (χ2v) is 5.90. The summed E-state index contributed by atoms with van der Waals surface area (Å²) in [6.07, 6.45) is -4.54. The molecule has 0 unspecified atom stereocenters. The van der Waals surface area contributed by atoms with E-state index < -0.39 is 30.2 Å². The van der Waals surface area contributed by atoms with Gasteiger partial charge in [0.05, 0.1) is 22.7 Å². The van der Waals surface area contributed by atoms with Crippen molar-refractivity contribution in [3.63, 3.8) is 0 Å². The minimum absolute atomic E-state index is 0.0150. The number of carbonyl (C=O) groups excluding carboxylic acids is 2. The molecule has 9 heteroatoms. The smallest absolute Gasteiger partial charge is 0.416 e. The molecule has 24 heavy (non-hydrogen) atoms. The van der Waals surface area contributed by atoms with Gasteiger partial charge in [0.1, 0.15) is 0 Å². The van der Waals surface area contributed by atoms with Crippen molar-refractivity contribution in [2.24, 2.45) is 0 Å². The van der Waals surface area contributed by atoms with Gasteiger partial charge < -0.3 is 10.1 Å². The lowest BCUT2D eigenvalue weighted by molar-refractivity contribution is -0.146. The summed E-state index contributed by atoms with van der Waals surface area (Å²) in [5.41, 5.74) is -0.395. The quantitative estimate of drug-likeness (QED) is 0.796. The Balaban J connectivity index is 1.91. The second-order valence-electron chi connectivity index (χ2n) is 4.71. The molecule has 0 aliphatic heterocycles. The van der Waals surface area contributed by atoms with E-state index in [0.717, 1.165) is 17.7 Å². The van der Waals surface area contributed by atoms with Gasteiger partial charge in [0.2, 0.25) is 0 Å². The first-order valence-electron chi connectivity index (χ1n) is 6.59. The molecule has 0 fully saturated rings. The molecule has 0 atom stereocenters. The molecule has 1 aromatic heterocycles. The number of ether oxygens (including phenoxy) is 1. The molecule has 0 bridgehead atoms. The molecular formula is C15H11ClF3NO3S. The van der Waals surface area contributed by atoms with Gasteiger partial charge in [-0.1, -0.05) is 11.6 Å². The van der Waals surface area contributed by atoms with Gasteiger partial charge >= 0.3 is 12.1 Å². The maximum Gasteiger partial charge on any atom is 0.416 e. The fourth-order valence-electron chi connectivity index (χ4n) is 1.74. The zero-order chi connectivity index (χ0) is 17.7. The van der Waals surface area contributed by atoms with Crippen molar-refractivity contribution in [1.82, 2.24) is 0 Å². The number of rotatable bonds is 5. The molecule has 0 spiro atoms. The fourth-order valence-corrected chi connectivity index (χ4v) is 2.57. The van der Waals surface area contributed by atoms with Crippen LogP contribution in [0.2, 0.25) is 5.02 Å². The number of alkyl halides is 3. The summed E-state index contributed by atoms with van der Waals surface area (Å²) < 4.78 is 42.7. The summed E-state index contributed by atoms with van der Waals surface area (Å²) in [4.78, 5) is 23.3. The highest BCUT2D eigenvalue weighted by atomic mass is 35.5. The van der Waals surface area contributed by atoms with Crippen LogP contribution < -0.4 is 5.32 Å². The van der Waals surface area contributed by atoms with Crippen molar-refractivity contribution < 1.29 is 27.5 Å². The van der Waals surface area contributed by atoms with Crippen LogP contribution in [0.5, 0.6) is 0 Å². The molecule has 2 rings (SSSR count). The molecule has 1 aromatic carbocycles. The number of hydrogen-bond donors (Lipinski definition) is 1. The Morgan fingerprint density at radius 2 is 2.00 bits per heavy atom. The molecule has 0 radical (unpaired) electrons. The Labute approximate surface area is 144 Å². The standard InChI is InChI=1S/C15H11ClF3NO3S/c16-11-2-1-10(15(17,18)19)6-12(11)20-13(21)7-23-14(22)5-9-3-4-24-8-9/h1-4,6,8H,5,7H2,(H,20,21). The molecule has 1 N–H and O–H groups in total. The van der Waals surface area contributed by atoms with Crippen molar-refractivity contribution in [1.29, 1.82) is 0 Å². The van der Waals surface area contributed by atoms with Crippen LogP contribution in [0.25, 0.3) is 0 Å². The van der Waals surface area contributed by atoms with Gasteiger partial charge in [0.25, 0.3) is 5.91 Å². The Kier molecular flexibility index (Phi) is 5.84. The molecule has 1 heterocycles. The molecule has 1 amide bonds. The number of halogens is 4. The van der Waals surface area contributed by atoms with Crippen LogP contribution in [-0.2, 0) is 26.9 Å². The third-order valence-corrected chi connectivity index (χ3v) is 3.92. The van der Waals surface area contributed by atoms with Crippen molar-refractivity contribution in [2.45, 2.75) is 12.6 Å². The summed E-state index contributed by atoms with van der Waals surface area (Å²) in [6.45, 7) is -0.616. The fraction of sp³-hybridized carbons (Fsp3) is 0.200. The zero-order valence-electron chi connectivity index (χ0n) is 12.0. The topological polar surface area (TPSA) is 55.4 Å². The summed E-state index contributed by atoms with van der Waals surface area (Å²) in [5.74, 6) is -1.39. The van der Waals surface area contributed by atoms with Crippen molar-refractivity contribution >= 4 is 40.5 Å². The van der Waals surface area contributed by atoms with E-state index in [4.69, 9.17) is 16.3 Å². The first-order valence-corrected chi connectivity index (χ1v) is 7.91. The number of hydrogen-bond acceptors (Lipinski definition) is 4. The van der Waals surface area contributed by atoms with Gasteiger partial charge in [0.15, 0.2) is 6.61 Å². The molecule has 0 aliphatic carbocycles. The number of thiophene rings is 1. The monoisotopic (exact) mass is 377 g/mol. The maximum absolute atomic E-state index is 12.6. The molecule has 0 aliphatic rings. The van der Waals surface area contributed by atoms with E-state index in [1.54, 1.807) is 16.8 Å². The highest BCUT2D eigenvalue weighted by Gasteiger charge is 2.31. The third-order valence-electron chi connectivity index (χ3n) is 2.86. The SMILES string of the molecule is O=C(COC(=O)Cc1ccsc1)Nc1cc(C(F)(F)F)ccc1Cl. The summed E-state index contributed by atoms with van der Waals surface area (Å²) in [7, 11) is 0. The van der Waals surface area contributed by atoms with Crippen molar-refractivity contribution in [2.75, 3.05) is 11.9 Å². The molecular weight excluding hydrogens is 367 g/mol. The van der Waals surface area contributed by atoms with Gasteiger partial charge in [-0.2, -0.15) is 24.5 Å². The lowest BCUT2D eigenvalue weighted by Gasteiger charge is -2.11. The van der Waals surface area contributed by atoms with Crippen molar-refractivity contribution in [3.8, 4) is 0 Å². The molecule has 0 saturated carbocycles. The Bertz CT molecular complexity index is 732. The van der Waals surface area contributed by atoms with Gasteiger partial charge in [-0.25, -0.2) is 0 Å². The van der Waals surface area contributed by atoms with Crippen LogP contribution in [0.3, 0.4) is 0 Å². The van der Waals surface area contributed by atoms with Gasteiger partial charge in [-0.05, 0) is 40.6 Å².